The molecule has 1 atom stereocenters. The Bertz CT molecular complexity index is 1810. The summed E-state index contributed by atoms with van der Waals surface area (Å²) in [6, 6.07) is 32.7. The van der Waals surface area contributed by atoms with Gasteiger partial charge in [0.15, 0.2) is 11.5 Å². The topological polar surface area (TPSA) is 86.0 Å². The Morgan fingerprint density at radius 1 is 0.756 bits per heavy atom. The first-order valence-corrected chi connectivity index (χ1v) is 14.5. The van der Waals surface area contributed by atoms with Crippen LogP contribution in [0, 0.1) is 0 Å². The van der Waals surface area contributed by atoms with Gasteiger partial charge in [-0.2, -0.15) is 23.0 Å². The van der Waals surface area contributed by atoms with Crippen LogP contribution >= 0.6 is 0 Å². The van der Waals surface area contributed by atoms with Crippen molar-refractivity contribution in [3.05, 3.63) is 127 Å². The first-order valence-electron chi connectivity index (χ1n) is 13.1. The number of sulfonamides is 1. The van der Waals surface area contributed by atoms with E-state index in [9.17, 15) is 8.42 Å². The Morgan fingerprint density at radius 2 is 1.39 bits per heavy atom. The normalized spacial score (nSPS) is 15.0. The van der Waals surface area contributed by atoms with Gasteiger partial charge in [-0.25, -0.2) is 4.68 Å². The lowest BCUT2D eigenvalue weighted by atomic mass is 9.97. The molecule has 0 saturated carbocycles. The summed E-state index contributed by atoms with van der Waals surface area (Å²) >= 11 is 0. The number of methoxy groups -OCH3 is 2. The van der Waals surface area contributed by atoms with Crippen molar-refractivity contribution in [3.8, 4) is 28.4 Å². The largest absolute Gasteiger partial charge is 0.493 e. The summed E-state index contributed by atoms with van der Waals surface area (Å²) in [6.07, 6.45) is 2.24. The Labute approximate surface area is 239 Å². The zero-order valence-electron chi connectivity index (χ0n) is 22.6. The lowest BCUT2D eigenvalue weighted by Gasteiger charge is -2.23. The van der Waals surface area contributed by atoms with Crippen molar-refractivity contribution in [2.24, 2.45) is 5.10 Å². The van der Waals surface area contributed by atoms with E-state index < -0.39 is 16.1 Å². The molecule has 206 valence electrons. The van der Waals surface area contributed by atoms with Gasteiger partial charge < -0.3 is 9.47 Å². The maximum Gasteiger partial charge on any atom is 0.279 e. The summed E-state index contributed by atoms with van der Waals surface area (Å²) in [6.45, 7) is 0. The van der Waals surface area contributed by atoms with Gasteiger partial charge in [0.05, 0.1) is 42.2 Å². The number of hydrazone groups is 1. The highest BCUT2D eigenvalue weighted by Gasteiger charge is 2.40. The van der Waals surface area contributed by atoms with Crippen molar-refractivity contribution in [1.29, 1.82) is 0 Å². The van der Waals surface area contributed by atoms with E-state index >= 15 is 0 Å². The Hall–Kier alpha value is -4.89. The molecule has 1 aromatic heterocycles. The van der Waals surface area contributed by atoms with Gasteiger partial charge in [-0.05, 0) is 42.5 Å². The van der Waals surface area contributed by atoms with Gasteiger partial charge in [0.2, 0.25) is 0 Å². The van der Waals surface area contributed by atoms with Crippen molar-refractivity contribution in [1.82, 2.24) is 14.2 Å². The molecule has 9 heteroatoms. The van der Waals surface area contributed by atoms with Crippen LogP contribution in [0.15, 0.2) is 125 Å². The van der Waals surface area contributed by atoms with E-state index in [1.807, 2.05) is 79.0 Å². The van der Waals surface area contributed by atoms with Crippen LogP contribution in [-0.2, 0) is 10.0 Å². The average Bonchev–Trinajstić information content (AvgIpc) is 3.68. The first kappa shape index (κ1) is 26.3. The van der Waals surface area contributed by atoms with Crippen LogP contribution in [0.2, 0.25) is 0 Å². The molecule has 1 unspecified atom stereocenters. The van der Waals surface area contributed by atoms with E-state index in [2.05, 4.69) is 0 Å². The van der Waals surface area contributed by atoms with Crippen molar-refractivity contribution in [2.45, 2.75) is 17.4 Å². The molecule has 0 aliphatic carbocycles. The van der Waals surface area contributed by atoms with Crippen molar-refractivity contribution >= 4 is 15.7 Å². The molecule has 41 heavy (non-hydrogen) atoms. The fourth-order valence-corrected chi connectivity index (χ4v) is 6.44. The van der Waals surface area contributed by atoms with E-state index in [1.54, 1.807) is 55.3 Å². The summed E-state index contributed by atoms with van der Waals surface area (Å²) in [7, 11) is -0.867. The summed E-state index contributed by atoms with van der Waals surface area (Å²) in [5.41, 5.74) is 4.55. The summed E-state index contributed by atoms with van der Waals surface area (Å²) in [4.78, 5) is 0.166. The predicted molar refractivity (Wildman–Crippen MR) is 158 cm³/mol. The van der Waals surface area contributed by atoms with Gasteiger partial charge in [0, 0.05) is 29.3 Å². The second-order valence-corrected chi connectivity index (χ2v) is 11.3. The summed E-state index contributed by atoms with van der Waals surface area (Å²) in [5, 5.41) is 9.68. The zero-order chi connectivity index (χ0) is 28.4. The molecule has 4 aromatic carbocycles. The Morgan fingerprint density at radius 3 is 2.05 bits per heavy atom. The van der Waals surface area contributed by atoms with E-state index in [0.29, 0.717) is 29.3 Å². The summed E-state index contributed by atoms with van der Waals surface area (Å²) < 4.78 is 42.1. The summed E-state index contributed by atoms with van der Waals surface area (Å²) in [5.74, 6) is 1.12. The molecule has 0 radical (unpaired) electrons. The minimum Gasteiger partial charge on any atom is -0.493 e. The third-order valence-corrected chi connectivity index (χ3v) is 8.74. The van der Waals surface area contributed by atoms with Crippen LogP contribution in [0.5, 0.6) is 11.5 Å². The van der Waals surface area contributed by atoms with Gasteiger partial charge in [0.25, 0.3) is 10.0 Å². The van der Waals surface area contributed by atoms with Crippen LogP contribution in [0.4, 0.5) is 0 Å². The molecule has 6 rings (SSSR count). The first-order chi connectivity index (χ1) is 20.0. The Kier molecular flexibility index (Phi) is 7.03. The van der Waals surface area contributed by atoms with Gasteiger partial charge in [-0.3, -0.25) is 0 Å². The van der Waals surface area contributed by atoms with Crippen molar-refractivity contribution < 1.29 is 17.9 Å². The number of nitrogens with zero attached hydrogens (tertiary/aromatic N) is 4. The van der Waals surface area contributed by atoms with E-state index in [0.717, 1.165) is 22.4 Å². The number of para-hydroxylation sites is 1. The molecule has 2 heterocycles. The number of benzene rings is 4. The van der Waals surface area contributed by atoms with Crippen molar-refractivity contribution in [3.63, 3.8) is 0 Å². The number of hydrogen-bond donors (Lipinski definition) is 0. The Balaban J connectivity index is 1.52. The lowest BCUT2D eigenvalue weighted by molar-refractivity contribution is 0.355. The predicted octanol–water partition coefficient (Wildman–Crippen LogP) is 6.10. The van der Waals surface area contributed by atoms with Gasteiger partial charge >= 0.3 is 0 Å². The molecule has 0 N–H and O–H groups in total. The highest BCUT2D eigenvalue weighted by atomic mass is 32.2. The minimum atomic E-state index is -4.01. The minimum absolute atomic E-state index is 0.166. The smallest absolute Gasteiger partial charge is 0.279 e. The molecule has 0 spiro atoms. The number of rotatable bonds is 8. The fourth-order valence-electron chi connectivity index (χ4n) is 5.00. The molecule has 0 amide bonds. The fraction of sp³-hybridized carbons (Fsp3) is 0.125. The van der Waals surface area contributed by atoms with Crippen LogP contribution in [0.3, 0.4) is 0 Å². The van der Waals surface area contributed by atoms with Crippen LogP contribution in [0.1, 0.15) is 23.6 Å². The molecule has 0 bridgehead atoms. The molecular formula is C32H28N4O4S. The van der Waals surface area contributed by atoms with Gasteiger partial charge in [0.1, 0.15) is 0 Å². The average molecular weight is 565 g/mol. The monoisotopic (exact) mass is 564 g/mol. The molecule has 5 aromatic rings. The number of aromatic nitrogens is 2. The molecule has 0 saturated heterocycles. The van der Waals surface area contributed by atoms with E-state index in [4.69, 9.17) is 19.7 Å². The van der Waals surface area contributed by atoms with Gasteiger partial charge in [-0.15, -0.1) is 0 Å². The van der Waals surface area contributed by atoms with E-state index in [-0.39, 0.29) is 4.90 Å². The molecule has 0 fully saturated rings. The molecule has 1 aliphatic rings. The third kappa shape index (κ3) is 4.96. The van der Waals surface area contributed by atoms with Crippen LogP contribution < -0.4 is 9.47 Å². The zero-order valence-corrected chi connectivity index (χ0v) is 23.4. The second kappa shape index (κ2) is 10.9. The highest BCUT2D eigenvalue weighted by Crippen LogP contribution is 2.42. The SMILES string of the molecule is COc1ccc(C2=NN(S(=O)(=O)c3ccccc3)C(c3cn(-c4ccccc4)nc3-c3ccccc3)C2)cc1OC. The number of ether oxygens (including phenoxy) is 2. The molecule has 1 aliphatic heterocycles. The van der Waals surface area contributed by atoms with Crippen molar-refractivity contribution in [2.75, 3.05) is 14.2 Å². The second-order valence-electron chi connectivity index (χ2n) is 9.51. The van der Waals surface area contributed by atoms with Crippen LogP contribution in [-0.4, -0.2) is 42.5 Å². The lowest BCUT2D eigenvalue weighted by Crippen LogP contribution is -2.27. The van der Waals surface area contributed by atoms with Crippen LogP contribution in [0.25, 0.3) is 16.9 Å². The number of hydrogen-bond acceptors (Lipinski definition) is 6. The molecule has 8 nitrogen and oxygen atoms in total. The van der Waals surface area contributed by atoms with E-state index in [1.165, 1.54) is 4.41 Å². The standard InChI is InChI=1S/C32H28N4O4S/c1-39-30-19-18-24(20-31(30)40-2)28-21-29(36(33-28)41(37,38)26-16-10-5-11-17-26)27-22-35(25-14-8-4-9-15-25)34-32(27)23-12-6-3-7-13-23/h3-20,22,29H,21H2,1-2H3. The molecular weight excluding hydrogens is 536 g/mol. The maximum absolute atomic E-state index is 14.1. The highest BCUT2D eigenvalue weighted by molar-refractivity contribution is 7.89. The third-order valence-electron chi connectivity index (χ3n) is 7.05. The quantitative estimate of drug-likeness (QED) is 0.227. The maximum atomic E-state index is 14.1. The van der Waals surface area contributed by atoms with Gasteiger partial charge in [-0.1, -0.05) is 66.7 Å².